The van der Waals surface area contributed by atoms with E-state index in [4.69, 9.17) is 4.74 Å². The number of amides is 1. The number of aryl methyl sites for hydroxylation is 1. The molecule has 140 valence electrons. The summed E-state index contributed by atoms with van der Waals surface area (Å²) in [5, 5.41) is 3.45. The minimum atomic E-state index is -0.424. The molecule has 0 fully saturated rings. The first-order valence-corrected chi connectivity index (χ1v) is 9.41. The molecule has 0 saturated heterocycles. The molecule has 0 saturated carbocycles. The first-order valence-electron chi connectivity index (χ1n) is 8.59. The van der Waals surface area contributed by atoms with Gasteiger partial charge in [0.2, 0.25) is 5.91 Å². The lowest BCUT2D eigenvalue weighted by atomic mass is 10.1. The normalized spacial score (nSPS) is 11.0. The minimum absolute atomic E-state index is 0.138. The summed E-state index contributed by atoms with van der Waals surface area (Å²) >= 11 is 1.40. The summed E-state index contributed by atoms with van der Waals surface area (Å²) in [4.78, 5) is 27.7. The van der Waals surface area contributed by atoms with Gasteiger partial charge < -0.3 is 10.1 Å². The highest BCUT2D eigenvalue weighted by Gasteiger charge is 2.22. The van der Waals surface area contributed by atoms with Crippen molar-refractivity contribution >= 4 is 28.2 Å². The Labute approximate surface area is 159 Å². The minimum Gasteiger partial charge on any atom is -0.465 e. The maximum Gasteiger partial charge on any atom is 0.341 e. The topological polar surface area (TPSA) is 58.6 Å². The third-order valence-corrected chi connectivity index (χ3v) is 5.46. The number of rotatable bonds is 7. The number of anilines is 1. The van der Waals surface area contributed by atoms with Crippen LogP contribution < -0.4 is 5.32 Å². The molecule has 0 aliphatic carbocycles. The van der Waals surface area contributed by atoms with Gasteiger partial charge in [-0.25, -0.2) is 4.79 Å². The molecule has 0 unspecified atom stereocenters. The van der Waals surface area contributed by atoms with Crippen molar-refractivity contribution in [3.05, 3.63) is 51.9 Å². The van der Waals surface area contributed by atoms with Crippen molar-refractivity contribution < 1.29 is 14.3 Å². The number of esters is 1. The number of ether oxygens (including phenoxy) is 1. The summed E-state index contributed by atoms with van der Waals surface area (Å²) in [6.07, 6.45) is 0. The molecule has 2 aromatic rings. The number of nitrogens with one attached hydrogen (secondary N) is 1. The van der Waals surface area contributed by atoms with Gasteiger partial charge in [-0.3, -0.25) is 9.69 Å². The maximum absolute atomic E-state index is 12.6. The second-order valence-electron chi connectivity index (χ2n) is 6.51. The summed E-state index contributed by atoms with van der Waals surface area (Å²) < 4.78 is 4.86. The van der Waals surface area contributed by atoms with Gasteiger partial charge in [-0.15, -0.1) is 11.3 Å². The van der Waals surface area contributed by atoms with Crippen molar-refractivity contribution in [3.8, 4) is 0 Å². The molecule has 0 aliphatic rings. The van der Waals surface area contributed by atoms with E-state index in [0.29, 0.717) is 17.1 Å². The molecule has 0 aliphatic heterocycles. The van der Waals surface area contributed by atoms with Crippen LogP contribution in [0.1, 0.15) is 40.2 Å². The summed E-state index contributed by atoms with van der Waals surface area (Å²) in [7, 11) is 1.35. The predicted octanol–water partition coefficient (Wildman–Crippen LogP) is 4.00. The van der Waals surface area contributed by atoms with Crippen molar-refractivity contribution in [3.63, 3.8) is 0 Å². The number of hydrogen-bond acceptors (Lipinski definition) is 5. The van der Waals surface area contributed by atoms with E-state index in [1.807, 2.05) is 32.0 Å². The molecule has 0 radical (unpaired) electrons. The van der Waals surface area contributed by atoms with E-state index < -0.39 is 5.97 Å². The fourth-order valence-corrected chi connectivity index (χ4v) is 3.72. The van der Waals surface area contributed by atoms with E-state index in [9.17, 15) is 9.59 Å². The fraction of sp³-hybridized carbons (Fsp3) is 0.400. The molecule has 2 rings (SSSR count). The second kappa shape index (κ2) is 8.96. The van der Waals surface area contributed by atoms with Crippen molar-refractivity contribution in [2.45, 2.75) is 40.3 Å². The van der Waals surface area contributed by atoms with E-state index in [1.54, 1.807) is 0 Å². The molecule has 5 nitrogen and oxygen atoms in total. The maximum atomic E-state index is 12.6. The van der Waals surface area contributed by atoms with Crippen LogP contribution in [0, 0.1) is 13.8 Å². The van der Waals surface area contributed by atoms with Crippen LogP contribution >= 0.6 is 11.3 Å². The Kier molecular flexibility index (Phi) is 6.94. The average molecular weight is 375 g/mol. The van der Waals surface area contributed by atoms with Gasteiger partial charge in [0.1, 0.15) is 5.00 Å². The zero-order chi connectivity index (χ0) is 19.3. The molecule has 0 atom stereocenters. The number of carbonyl (C=O) groups is 2. The molecule has 1 aromatic carbocycles. The molecule has 0 bridgehead atoms. The molecule has 1 heterocycles. The van der Waals surface area contributed by atoms with E-state index in [0.717, 1.165) is 16.0 Å². The molecule has 0 spiro atoms. The lowest BCUT2D eigenvalue weighted by Gasteiger charge is -2.25. The molecular weight excluding hydrogens is 348 g/mol. The highest BCUT2D eigenvalue weighted by molar-refractivity contribution is 7.16. The predicted molar refractivity (Wildman–Crippen MR) is 106 cm³/mol. The van der Waals surface area contributed by atoms with Gasteiger partial charge in [-0.05, 0) is 38.8 Å². The number of benzene rings is 1. The number of hydrogen-bond donors (Lipinski definition) is 1. The van der Waals surface area contributed by atoms with Gasteiger partial charge in [0.15, 0.2) is 0 Å². The number of nitrogens with zero attached hydrogens (tertiary/aromatic N) is 1. The zero-order valence-electron chi connectivity index (χ0n) is 16.0. The van der Waals surface area contributed by atoms with Gasteiger partial charge >= 0.3 is 5.97 Å². The van der Waals surface area contributed by atoms with E-state index in [-0.39, 0.29) is 18.5 Å². The largest absolute Gasteiger partial charge is 0.465 e. The Balaban J connectivity index is 2.11. The smallest absolute Gasteiger partial charge is 0.341 e. The SMILES string of the molecule is COC(=O)c1c(NC(=O)CN(Cc2ccccc2)C(C)C)sc(C)c1C. The Hall–Kier alpha value is -2.18. The third kappa shape index (κ3) is 4.93. The van der Waals surface area contributed by atoms with Crippen LogP contribution in [0.5, 0.6) is 0 Å². The molecule has 6 heteroatoms. The van der Waals surface area contributed by atoms with E-state index >= 15 is 0 Å². The van der Waals surface area contributed by atoms with Crippen molar-refractivity contribution in [1.82, 2.24) is 4.90 Å². The van der Waals surface area contributed by atoms with Crippen molar-refractivity contribution in [2.75, 3.05) is 19.0 Å². The van der Waals surface area contributed by atoms with Crippen LogP contribution in [-0.4, -0.2) is 36.5 Å². The first-order chi connectivity index (χ1) is 12.3. The number of methoxy groups -OCH3 is 1. The lowest BCUT2D eigenvalue weighted by Crippen LogP contribution is -2.37. The van der Waals surface area contributed by atoms with Gasteiger partial charge in [0.25, 0.3) is 0 Å². The van der Waals surface area contributed by atoms with Crippen LogP contribution in [0.2, 0.25) is 0 Å². The third-order valence-electron chi connectivity index (χ3n) is 4.33. The Morgan fingerprint density at radius 3 is 2.42 bits per heavy atom. The Morgan fingerprint density at radius 1 is 1.19 bits per heavy atom. The Morgan fingerprint density at radius 2 is 1.85 bits per heavy atom. The summed E-state index contributed by atoms with van der Waals surface area (Å²) in [5.74, 6) is -0.562. The first kappa shape index (κ1) is 20.1. The standard InChI is InChI=1S/C20H26N2O3S/c1-13(2)22(11-16-9-7-6-8-10-16)12-17(23)21-19-18(20(24)25-5)14(3)15(4)26-19/h6-10,13H,11-12H2,1-5H3,(H,21,23). The van der Waals surface area contributed by atoms with Gasteiger partial charge in [-0.2, -0.15) is 0 Å². The molecular formula is C20H26N2O3S. The summed E-state index contributed by atoms with van der Waals surface area (Å²) in [5.41, 5.74) is 2.46. The summed E-state index contributed by atoms with van der Waals surface area (Å²) in [6, 6.07) is 10.3. The van der Waals surface area contributed by atoms with Crippen LogP contribution in [0.25, 0.3) is 0 Å². The van der Waals surface area contributed by atoms with Crippen LogP contribution in [0.3, 0.4) is 0 Å². The van der Waals surface area contributed by atoms with Gasteiger partial charge in [-0.1, -0.05) is 30.3 Å². The second-order valence-corrected chi connectivity index (χ2v) is 7.74. The highest BCUT2D eigenvalue weighted by atomic mass is 32.1. The quantitative estimate of drug-likeness (QED) is 0.744. The molecule has 1 aromatic heterocycles. The molecule has 26 heavy (non-hydrogen) atoms. The van der Waals surface area contributed by atoms with Crippen LogP contribution in [0.4, 0.5) is 5.00 Å². The zero-order valence-corrected chi connectivity index (χ0v) is 16.8. The molecule has 1 N–H and O–H groups in total. The van der Waals surface area contributed by atoms with Crippen LogP contribution in [-0.2, 0) is 16.1 Å². The Bertz CT molecular complexity index is 769. The highest BCUT2D eigenvalue weighted by Crippen LogP contribution is 2.32. The van der Waals surface area contributed by atoms with E-state index in [2.05, 4.69) is 36.2 Å². The van der Waals surface area contributed by atoms with Gasteiger partial charge in [0.05, 0.1) is 19.2 Å². The fourth-order valence-electron chi connectivity index (χ4n) is 2.65. The number of thiophene rings is 1. The van der Waals surface area contributed by atoms with E-state index in [1.165, 1.54) is 18.4 Å². The number of carbonyl (C=O) groups excluding carboxylic acids is 2. The van der Waals surface area contributed by atoms with Crippen molar-refractivity contribution in [2.24, 2.45) is 0 Å². The molecule has 1 amide bonds. The lowest BCUT2D eigenvalue weighted by molar-refractivity contribution is -0.117. The van der Waals surface area contributed by atoms with Crippen LogP contribution in [0.15, 0.2) is 30.3 Å². The van der Waals surface area contributed by atoms with Gasteiger partial charge in [0, 0.05) is 17.5 Å². The average Bonchev–Trinajstić information content (AvgIpc) is 2.88. The summed E-state index contributed by atoms with van der Waals surface area (Å²) in [6.45, 7) is 8.87. The monoisotopic (exact) mass is 374 g/mol. The van der Waals surface area contributed by atoms with Crippen molar-refractivity contribution in [1.29, 1.82) is 0 Å².